The SMILES string of the molecule is COc1ccccc1CNC(=O)[C@@H](C)S(=O)(=O)c1nc2ccccc2s1. The molecule has 1 atom stereocenters. The maximum atomic E-state index is 12.7. The second kappa shape index (κ2) is 7.43. The van der Waals surface area contributed by atoms with Gasteiger partial charge < -0.3 is 10.1 Å². The Morgan fingerprint density at radius 3 is 2.62 bits per heavy atom. The van der Waals surface area contributed by atoms with Crippen LogP contribution in [0.3, 0.4) is 0 Å². The quantitative estimate of drug-likeness (QED) is 0.699. The average molecular weight is 390 g/mol. The Morgan fingerprint density at radius 1 is 1.19 bits per heavy atom. The van der Waals surface area contributed by atoms with E-state index in [4.69, 9.17) is 4.74 Å². The Morgan fingerprint density at radius 2 is 1.88 bits per heavy atom. The van der Waals surface area contributed by atoms with Crippen LogP contribution < -0.4 is 10.1 Å². The van der Waals surface area contributed by atoms with E-state index in [0.717, 1.165) is 21.6 Å². The van der Waals surface area contributed by atoms with E-state index < -0.39 is 21.0 Å². The lowest BCUT2D eigenvalue weighted by Crippen LogP contribution is -2.37. The van der Waals surface area contributed by atoms with Gasteiger partial charge in [-0.2, -0.15) is 0 Å². The van der Waals surface area contributed by atoms with Crippen LogP contribution in [0.2, 0.25) is 0 Å². The van der Waals surface area contributed by atoms with Crippen LogP contribution in [0.4, 0.5) is 0 Å². The number of benzene rings is 2. The highest BCUT2D eigenvalue weighted by Gasteiger charge is 2.32. The molecule has 0 saturated heterocycles. The van der Waals surface area contributed by atoms with Gasteiger partial charge in [0.2, 0.25) is 20.1 Å². The van der Waals surface area contributed by atoms with Crippen LogP contribution in [0.1, 0.15) is 12.5 Å². The highest BCUT2D eigenvalue weighted by Crippen LogP contribution is 2.27. The molecule has 136 valence electrons. The molecule has 3 rings (SSSR count). The van der Waals surface area contributed by atoms with Gasteiger partial charge in [-0.05, 0) is 25.1 Å². The van der Waals surface area contributed by atoms with Gasteiger partial charge in [0.1, 0.15) is 11.0 Å². The van der Waals surface area contributed by atoms with Gasteiger partial charge >= 0.3 is 0 Å². The Labute approximate surface area is 155 Å². The predicted molar refractivity (Wildman–Crippen MR) is 101 cm³/mol. The number of ether oxygens (including phenoxy) is 1. The van der Waals surface area contributed by atoms with E-state index in [1.165, 1.54) is 6.92 Å². The number of thiazole rings is 1. The molecule has 0 bridgehead atoms. The summed E-state index contributed by atoms with van der Waals surface area (Å²) in [6, 6.07) is 14.4. The van der Waals surface area contributed by atoms with Crippen molar-refractivity contribution in [2.75, 3.05) is 7.11 Å². The number of aromatic nitrogens is 1. The maximum absolute atomic E-state index is 12.7. The summed E-state index contributed by atoms with van der Waals surface area (Å²) in [6.45, 7) is 1.56. The highest BCUT2D eigenvalue weighted by atomic mass is 32.2. The lowest BCUT2D eigenvalue weighted by molar-refractivity contribution is -0.120. The van der Waals surface area contributed by atoms with Gasteiger partial charge in [-0.1, -0.05) is 30.3 Å². The first-order valence-electron chi connectivity index (χ1n) is 7.92. The summed E-state index contributed by atoms with van der Waals surface area (Å²) in [7, 11) is -2.31. The van der Waals surface area contributed by atoms with E-state index in [9.17, 15) is 13.2 Å². The topological polar surface area (TPSA) is 85.4 Å². The van der Waals surface area contributed by atoms with Gasteiger partial charge in [0, 0.05) is 12.1 Å². The molecule has 2 aromatic carbocycles. The number of hydrogen-bond donors (Lipinski definition) is 1. The van der Waals surface area contributed by atoms with Crippen LogP contribution in [-0.2, 0) is 21.2 Å². The largest absolute Gasteiger partial charge is 0.496 e. The molecule has 1 amide bonds. The third-order valence-electron chi connectivity index (χ3n) is 4.00. The summed E-state index contributed by atoms with van der Waals surface area (Å²) >= 11 is 1.07. The fourth-order valence-corrected chi connectivity index (χ4v) is 5.20. The molecule has 0 unspecified atom stereocenters. The number of amides is 1. The molecule has 1 heterocycles. The number of para-hydroxylation sites is 2. The third kappa shape index (κ3) is 3.56. The fourth-order valence-electron chi connectivity index (χ4n) is 2.44. The molecule has 0 aliphatic rings. The second-order valence-electron chi connectivity index (χ2n) is 5.66. The molecule has 1 aromatic heterocycles. The normalized spacial score (nSPS) is 12.7. The Kier molecular flexibility index (Phi) is 5.24. The fraction of sp³-hybridized carbons (Fsp3) is 0.222. The van der Waals surface area contributed by atoms with Crippen molar-refractivity contribution in [1.82, 2.24) is 10.3 Å². The maximum Gasteiger partial charge on any atom is 0.238 e. The van der Waals surface area contributed by atoms with Crippen molar-refractivity contribution in [3.63, 3.8) is 0 Å². The first kappa shape index (κ1) is 18.3. The van der Waals surface area contributed by atoms with E-state index in [-0.39, 0.29) is 10.9 Å². The van der Waals surface area contributed by atoms with E-state index in [0.29, 0.717) is 11.3 Å². The Bertz CT molecular complexity index is 1010. The summed E-state index contributed by atoms with van der Waals surface area (Å²) in [6.07, 6.45) is 0. The van der Waals surface area contributed by atoms with Gasteiger partial charge in [-0.15, -0.1) is 11.3 Å². The zero-order valence-corrected chi connectivity index (χ0v) is 15.9. The summed E-state index contributed by atoms with van der Waals surface area (Å²) < 4.78 is 31.4. The van der Waals surface area contributed by atoms with Crippen molar-refractivity contribution >= 4 is 37.3 Å². The predicted octanol–water partition coefficient (Wildman–Crippen LogP) is 2.78. The second-order valence-corrected chi connectivity index (χ2v) is 9.14. The van der Waals surface area contributed by atoms with Crippen LogP contribution in [0.5, 0.6) is 5.75 Å². The number of sulfone groups is 1. The molecule has 0 radical (unpaired) electrons. The highest BCUT2D eigenvalue weighted by molar-refractivity contribution is 7.94. The number of fused-ring (bicyclic) bond motifs is 1. The first-order valence-corrected chi connectivity index (χ1v) is 10.3. The molecular formula is C18H18N2O4S2. The first-order chi connectivity index (χ1) is 12.4. The van der Waals surface area contributed by atoms with Gasteiger partial charge in [0.25, 0.3) is 0 Å². The molecule has 0 aliphatic heterocycles. The van der Waals surface area contributed by atoms with Gasteiger partial charge in [0.05, 0.1) is 17.3 Å². The summed E-state index contributed by atoms with van der Waals surface area (Å²) in [5.41, 5.74) is 1.38. The van der Waals surface area contributed by atoms with Gasteiger partial charge in [-0.3, -0.25) is 4.79 Å². The average Bonchev–Trinajstić information content (AvgIpc) is 3.10. The van der Waals surface area contributed by atoms with Crippen LogP contribution in [0, 0.1) is 0 Å². The van der Waals surface area contributed by atoms with E-state index in [1.54, 1.807) is 31.4 Å². The minimum Gasteiger partial charge on any atom is -0.496 e. The van der Waals surface area contributed by atoms with Crippen LogP contribution in [0.25, 0.3) is 10.2 Å². The van der Waals surface area contributed by atoms with Crippen LogP contribution in [0.15, 0.2) is 52.9 Å². The minimum atomic E-state index is -3.86. The van der Waals surface area contributed by atoms with E-state index in [1.807, 2.05) is 24.3 Å². The molecule has 0 fully saturated rings. The smallest absolute Gasteiger partial charge is 0.238 e. The Balaban J connectivity index is 1.76. The van der Waals surface area contributed by atoms with Crippen molar-refractivity contribution in [3.05, 3.63) is 54.1 Å². The van der Waals surface area contributed by atoms with Crippen LogP contribution in [-0.4, -0.2) is 31.7 Å². The van der Waals surface area contributed by atoms with Crippen molar-refractivity contribution < 1.29 is 17.9 Å². The van der Waals surface area contributed by atoms with Crippen LogP contribution >= 0.6 is 11.3 Å². The molecule has 6 nitrogen and oxygen atoms in total. The summed E-state index contributed by atoms with van der Waals surface area (Å²) in [4.78, 5) is 16.6. The lowest BCUT2D eigenvalue weighted by Gasteiger charge is -2.13. The molecule has 3 aromatic rings. The molecule has 8 heteroatoms. The molecule has 0 spiro atoms. The number of rotatable bonds is 6. The zero-order valence-electron chi connectivity index (χ0n) is 14.3. The van der Waals surface area contributed by atoms with E-state index in [2.05, 4.69) is 10.3 Å². The third-order valence-corrected chi connectivity index (χ3v) is 7.50. The molecular weight excluding hydrogens is 372 g/mol. The molecule has 0 aliphatic carbocycles. The van der Waals surface area contributed by atoms with Gasteiger partial charge in [0.15, 0.2) is 0 Å². The number of carbonyl (C=O) groups excluding carboxylic acids is 1. The summed E-state index contributed by atoms with van der Waals surface area (Å²) in [5.74, 6) is 0.0599. The molecule has 1 N–H and O–H groups in total. The van der Waals surface area contributed by atoms with Crippen molar-refractivity contribution in [2.45, 2.75) is 23.1 Å². The number of hydrogen-bond acceptors (Lipinski definition) is 6. The number of nitrogens with one attached hydrogen (secondary N) is 1. The standard InChI is InChI=1S/C18H18N2O4S2/c1-12(17(21)19-11-13-7-3-5-9-15(13)24-2)26(22,23)18-20-14-8-4-6-10-16(14)25-18/h3-10,12H,11H2,1-2H3,(H,19,21)/t12-/m1/s1. The molecule has 0 saturated carbocycles. The van der Waals surface area contributed by atoms with Crippen molar-refractivity contribution in [1.29, 1.82) is 0 Å². The minimum absolute atomic E-state index is 0.0429. The number of carbonyl (C=O) groups is 1. The van der Waals surface area contributed by atoms with E-state index >= 15 is 0 Å². The molecule has 26 heavy (non-hydrogen) atoms. The zero-order chi connectivity index (χ0) is 18.7. The number of nitrogens with zero attached hydrogens (tertiary/aromatic N) is 1. The van der Waals surface area contributed by atoms with Gasteiger partial charge in [-0.25, -0.2) is 13.4 Å². The monoisotopic (exact) mass is 390 g/mol. The number of methoxy groups -OCH3 is 1. The lowest BCUT2D eigenvalue weighted by atomic mass is 10.2. The summed E-state index contributed by atoms with van der Waals surface area (Å²) in [5, 5.41) is 1.42. The Hall–Kier alpha value is -2.45. The van der Waals surface area contributed by atoms with Crippen molar-refractivity contribution in [3.8, 4) is 5.75 Å². The van der Waals surface area contributed by atoms with Crippen molar-refractivity contribution in [2.24, 2.45) is 0 Å².